The molecule has 86 valence electrons. The number of carbonyl (C=O) groups is 2. The van der Waals surface area contributed by atoms with Gasteiger partial charge in [0.2, 0.25) is 0 Å². The highest BCUT2D eigenvalue weighted by molar-refractivity contribution is 5.97. The van der Waals surface area contributed by atoms with Crippen molar-refractivity contribution in [1.82, 2.24) is 10.1 Å². The molecule has 1 aromatic rings. The van der Waals surface area contributed by atoms with Crippen molar-refractivity contribution in [2.75, 3.05) is 13.1 Å². The van der Waals surface area contributed by atoms with Crippen molar-refractivity contribution < 1.29 is 19.2 Å². The standard InChI is InChI=1S/C10H12N2O4/c1-5-8(6(2)16-11-5)9(13)12-3-7(4-12)10(14)15/h7H,3-4H2,1-2H3,(H,14,15). The number of nitrogens with zero attached hydrogens (tertiary/aromatic N) is 2. The summed E-state index contributed by atoms with van der Waals surface area (Å²) in [5.74, 6) is -1.03. The van der Waals surface area contributed by atoms with Gasteiger partial charge in [0.15, 0.2) is 0 Å². The van der Waals surface area contributed by atoms with Crippen LogP contribution in [0.15, 0.2) is 4.52 Å². The molecule has 0 spiro atoms. The third-order valence-corrected chi connectivity index (χ3v) is 2.77. The fourth-order valence-corrected chi connectivity index (χ4v) is 1.75. The van der Waals surface area contributed by atoms with Gasteiger partial charge in [-0.25, -0.2) is 0 Å². The second-order valence-corrected chi connectivity index (χ2v) is 3.94. The van der Waals surface area contributed by atoms with Crippen molar-refractivity contribution in [2.45, 2.75) is 13.8 Å². The molecule has 1 N–H and O–H groups in total. The summed E-state index contributed by atoms with van der Waals surface area (Å²) in [4.78, 5) is 24.0. The molecule has 2 heterocycles. The minimum Gasteiger partial charge on any atom is -0.481 e. The number of hydrogen-bond acceptors (Lipinski definition) is 4. The second-order valence-electron chi connectivity index (χ2n) is 3.94. The lowest BCUT2D eigenvalue weighted by molar-refractivity contribution is -0.146. The summed E-state index contributed by atoms with van der Waals surface area (Å²) in [6.45, 7) is 3.89. The van der Waals surface area contributed by atoms with E-state index in [-0.39, 0.29) is 19.0 Å². The number of rotatable bonds is 2. The number of aryl methyl sites for hydroxylation is 2. The van der Waals surface area contributed by atoms with E-state index in [1.165, 1.54) is 4.90 Å². The van der Waals surface area contributed by atoms with Crippen LogP contribution >= 0.6 is 0 Å². The van der Waals surface area contributed by atoms with Crippen LogP contribution in [0.1, 0.15) is 21.8 Å². The minimum atomic E-state index is -0.859. The van der Waals surface area contributed by atoms with Crippen LogP contribution in [0.3, 0.4) is 0 Å². The number of carboxylic acids is 1. The lowest BCUT2D eigenvalue weighted by atomic mass is 9.99. The summed E-state index contributed by atoms with van der Waals surface area (Å²) < 4.78 is 4.90. The minimum absolute atomic E-state index is 0.200. The van der Waals surface area contributed by atoms with E-state index in [0.29, 0.717) is 17.0 Å². The molecule has 1 aromatic heterocycles. The third kappa shape index (κ3) is 1.56. The molecule has 1 saturated heterocycles. The maximum Gasteiger partial charge on any atom is 0.310 e. The highest BCUT2D eigenvalue weighted by Crippen LogP contribution is 2.22. The van der Waals surface area contributed by atoms with E-state index in [9.17, 15) is 9.59 Å². The monoisotopic (exact) mass is 224 g/mol. The van der Waals surface area contributed by atoms with Gasteiger partial charge >= 0.3 is 5.97 Å². The number of carbonyl (C=O) groups excluding carboxylic acids is 1. The molecule has 6 heteroatoms. The molecule has 0 bridgehead atoms. The van der Waals surface area contributed by atoms with Crippen molar-refractivity contribution in [3.05, 3.63) is 17.0 Å². The Balaban J connectivity index is 2.08. The van der Waals surface area contributed by atoms with Crippen LogP contribution < -0.4 is 0 Å². The predicted octanol–water partition coefficient (Wildman–Crippen LogP) is 0.448. The van der Waals surface area contributed by atoms with Gasteiger partial charge in [-0.1, -0.05) is 5.16 Å². The van der Waals surface area contributed by atoms with Crippen LogP contribution in [0.25, 0.3) is 0 Å². The molecule has 1 aliphatic heterocycles. The zero-order chi connectivity index (χ0) is 11.9. The summed E-state index contributed by atoms with van der Waals surface area (Å²) in [5, 5.41) is 12.4. The number of likely N-dealkylation sites (tertiary alicyclic amines) is 1. The molecule has 0 saturated carbocycles. The molecule has 6 nitrogen and oxygen atoms in total. The number of amides is 1. The smallest absolute Gasteiger partial charge is 0.310 e. The quantitative estimate of drug-likeness (QED) is 0.788. The van der Waals surface area contributed by atoms with E-state index >= 15 is 0 Å². The second kappa shape index (κ2) is 3.62. The largest absolute Gasteiger partial charge is 0.481 e. The number of aliphatic carboxylic acids is 1. The summed E-state index contributed by atoms with van der Waals surface area (Å²) in [6, 6.07) is 0. The Morgan fingerprint density at radius 3 is 2.50 bits per heavy atom. The molecular weight excluding hydrogens is 212 g/mol. The van der Waals surface area contributed by atoms with E-state index in [2.05, 4.69) is 5.16 Å². The normalized spacial score (nSPS) is 16.0. The molecule has 0 aromatic carbocycles. The summed E-state index contributed by atoms with van der Waals surface area (Å²) in [6.07, 6.45) is 0. The van der Waals surface area contributed by atoms with Crippen LogP contribution in [0.2, 0.25) is 0 Å². The molecule has 0 unspecified atom stereocenters. The lowest BCUT2D eigenvalue weighted by Crippen LogP contribution is -2.53. The first-order chi connectivity index (χ1) is 7.50. The van der Waals surface area contributed by atoms with Crippen LogP contribution in [0.5, 0.6) is 0 Å². The maximum atomic E-state index is 11.9. The van der Waals surface area contributed by atoms with E-state index in [4.69, 9.17) is 9.63 Å². The van der Waals surface area contributed by atoms with E-state index in [1.807, 2.05) is 0 Å². The number of aromatic nitrogens is 1. The fraction of sp³-hybridized carbons (Fsp3) is 0.500. The first-order valence-corrected chi connectivity index (χ1v) is 4.95. The third-order valence-electron chi connectivity index (χ3n) is 2.77. The van der Waals surface area contributed by atoms with Gasteiger partial charge in [0.05, 0.1) is 11.6 Å². The average Bonchev–Trinajstić information content (AvgIpc) is 2.42. The van der Waals surface area contributed by atoms with Gasteiger partial charge in [-0.15, -0.1) is 0 Å². The Kier molecular flexibility index (Phi) is 2.41. The maximum absolute atomic E-state index is 11.9. The Morgan fingerprint density at radius 1 is 1.44 bits per heavy atom. The Bertz CT molecular complexity index is 426. The summed E-state index contributed by atoms with van der Waals surface area (Å²) >= 11 is 0. The predicted molar refractivity (Wildman–Crippen MR) is 53.0 cm³/mol. The number of hydrogen-bond donors (Lipinski definition) is 1. The lowest BCUT2D eigenvalue weighted by Gasteiger charge is -2.36. The summed E-state index contributed by atoms with van der Waals surface area (Å²) in [5.41, 5.74) is 0.991. The summed E-state index contributed by atoms with van der Waals surface area (Å²) in [7, 11) is 0. The average molecular weight is 224 g/mol. The zero-order valence-corrected chi connectivity index (χ0v) is 9.06. The number of carboxylic acid groups (broad SMARTS) is 1. The first kappa shape index (κ1) is 10.7. The van der Waals surface area contributed by atoms with Gasteiger partial charge < -0.3 is 14.5 Å². The van der Waals surface area contributed by atoms with E-state index in [1.54, 1.807) is 13.8 Å². The van der Waals surface area contributed by atoms with E-state index < -0.39 is 11.9 Å². The first-order valence-electron chi connectivity index (χ1n) is 4.95. The molecule has 2 rings (SSSR count). The van der Waals surface area contributed by atoms with Gasteiger partial charge in [-0.05, 0) is 13.8 Å². The van der Waals surface area contributed by atoms with Crippen molar-refractivity contribution in [1.29, 1.82) is 0 Å². The Labute approximate surface area is 91.8 Å². The Hall–Kier alpha value is -1.85. The van der Waals surface area contributed by atoms with Gasteiger partial charge in [0.1, 0.15) is 11.3 Å². The molecule has 1 aliphatic rings. The van der Waals surface area contributed by atoms with Crippen LogP contribution in [-0.4, -0.2) is 40.1 Å². The van der Waals surface area contributed by atoms with Crippen LogP contribution in [0.4, 0.5) is 0 Å². The highest BCUT2D eigenvalue weighted by atomic mass is 16.5. The highest BCUT2D eigenvalue weighted by Gasteiger charge is 2.37. The molecular formula is C10H12N2O4. The van der Waals surface area contributed by atoms with Crippen LogP contribution in [0, 0.1) is 19.8 Å². The topological polar surface area (TPSA) is 83.6 Å². The van der Waals surface area contributed by atoms with Gasteiger partial charge in [-0.3, -0.25) is 9.59 Å². The van der Waals surface area contributed by atoms with E-state index in [0.717, 1.165) is 0 Å². The zero-order valence-electron chi connectivity index (χ0n) is 9.06. The van der Waals surface area contributed by atoms with Gasteiger partial charge in [0.25, 0.3) is 5.91 Å². The van der Waals surface area contributed by atoms with Gasteiger partial charge in [0, 0.05) is 13.1 Å². The van der Waals surface area contributed by atoms with Crippen molar-refractivity contribution in [3.8, 4) is 0 Å². The molecule has 0 aliphatic carbocycles. The fourth-order valence-electron chi connectivity index (χ4n) is 1.75. The van der Waals surface area contributed by atoms with Crippen molar-refractivity contribution >= 4 is 11.9 Å². The van der Waals surface area contributed by atoms with Crippen LogP contribution in [-0.2, 0) is 4.79 Å². The molecule has 0 radical (unpaired) electrons. The molecule has 1 amide bonds. The van der Waals surface area contributed by atoms with Gasteiger partial charge in [-0.2, -0.15) is 0 Å². The Morgan fingerprint density at radius 2 is 2.06 bits per heavy atom. The van der Waals surface area contributed by atoms with Crippen molar-refractivity contribution in [3.63, 3.8) is 0 Å². The molecule has 0 atom stereocenters. The SMILES string of the molecule is Cc1noc(C)c1C(=O)N1CC(C(=O)O)C1. The molecule has 16 heavy (non-hydrogen) atoms. The van der Waals surface area contributed by atoms with Crippen molar-refractivity contribution in [2.24, 2.45) is 5.92 Å². The molecule has 1 fully saturated rings.